The van der Waals surface area contributed by atoms with Gasteiger partial charge in [0.05, 0.1) is 6.61 Å². The van der Waals surface area contributed by atoms with Gasteiger partial charge in [0, 0.05) is 5.56 Å². The lowest BCUT2D eigenvalue weighted by Crippen LogP contribution is -2.14. The topological polar surface area (TPSA) is 72.8 Å². The average Bonchev–Trinajstić information content (AvgIpc) is 2.54. The van der Waals surface area contributed by atoms with Crippen molar-refractivity contribution in [3.8, 4) is 11.5 Å². The van der Waals surface area contributed by atoms with Crippen LogP contribution in [-0.4, -0.2) is 30.1 Å². The molecule has 1 N–H and O–H groups in total. The third kappa shape index (κ3) is 3.85. The highest BCUT2D eigenvalue weighted by Gasteiger charge is 2.14. The maximum atomic E-state index is 12.0. The summed E-state index contributed by atoms with van der Waals surface area (Å²) in [6.07, 6.45) is 0. The van der Waals surface area contributed by atoms with Crippen molar-refractivity contribution in [2.24, 2.45) is 0 Å². The van der Waals surface area contributed by atoms with Crippen LogP contribution in [0.1, 0.15) is 27.6 Å². The number of ether oxygens (including phenoxy) is 2. The Morgan fingerprint density at radius 2 is 1.73 bits per heavy atom. The summed E-state index contributed by atoms with van der Waals surface area (Å²) in [5.74, 6) is -0.574. The maximum Gasteiger partial charge on any atom is 0.342 e. The summed E-state index contributed by atoms with van der Waals surface area (Å²) in [7, 11) is 0. The molecule has 0 aliphatic carbocycles. The summed E-state index contributed by atoms with van der Waals surface area (Å²) < 4.78 is 10.2. The van der Waals surface area contributed by atoms with Crippen LogP contribution in [0.25, 0.3) is 0 Å². The molecule has 2 aromatic carbocycles. The molecule has 0 unspecified atom stereocenters. The normalized spacial score (nSPS) is 10.0. The van der Waals surface area contributed by atoms with Gasteiger partial charge in [-0.3, -0.25) is 4.79 Å². The quantitative estimate of drug-likeness (QED) is 0.656. The van der Waals surface area contributed by atoms with Gasteiger partial charge in [-0.15, -0.1) is 0 Å². The minimum Gasteiger partial charge on any atom is -0.507 e. The Kier molecular flexibility index (Phi) is 5.14. The number of hydrogen-bond donors (Lipinski definition) is 1. The van der Waals surface area contributed by atoms with Gasteiger partial charge in [-0.1, -0.05) is 12.1 Å². The van der Waals surface area contributed by atoms with Gasteiger partial charge in [0.15, 0.2) is 12.4 Å². The Morgan fingerprint density at radius 3 is 2.36 bits per heavy atom. The van der Waals surface area contributed by atoms with Gasteiger partial charge in [-0.2, -0.15) is 0 Å². The van der Waals surface area contributed by atoms with E-state index in [1.807, 2.05) is 6.92 Å². The van der Waals surface area contributed by atoms with E-state index in [2.05, 4.69) is 0 Å². The molecular weight excluding hydrogens is 284 g/mol. The highest BCUT2D eigenvalue weighted by molar-refractivity contribution is 5.99. The van der Waals surface area contributed by atoms with Gasteiger partial charge < -0.3 is 14.6 Å². The highest BCUT2D eigenvalue weighted by Crippen LogP contribution is 2.17. The summed E-state index contributed by atoms with van der Waals surface area (Å²) in [5, 5.41) is 9.54. The largest absolute Gasteiger partial charge is 0.507 e. The van der Waals surface area contributed by atoms with Gasteiger partial charge in [0.1, 0.15) is 17.1 Å². The number of carbonyl (C=O) groups excluding carboxylic acids is 2. The van der Waals surface area contributed by atoms with E-state index in [1.54, 1.807) is 36.4 Å². The van der Waals surface area contributed by atoms with Crippen molar-refractivity contribution in [2.45, 2.75) is 6.92 Å². The summed E-state index contributed by atoms with van der Waals surface area (Å²) in [6.45, 7) is 2.03. The first-order valence-corrected chi connectivity index (χ1v) is 6.83. The molecule has 0 heterocycles. The summed E-state index contributed by atoms with van der Waals surface area (Å²) in [4.78, 5) is 23.7. The van der Waals surface area contributed by atoms with Crippen LogP contribution < -0.4 is 4.74 Å². The third-order valence-electron chi connectivity index (χ3n) is 2.95. The molecule has 22 heavy (non-hydrogen) atoms. The summed E-state index contributed by atoms with van der Waals surface area (Å²) >= 11 is 0. The number of esters is 1. The Labute approximate surface area is 128 Å². The molecule has 5 heteroatoms. The summed E-state index contributed by atoms with van der Waals surface area (Å²) in [5.41, 5.74) is 0.454. The Hall–Kier alpha value is -2.82. The predicted octanol–water partition coefficient (Wildman–Crippen LogP) is 2.83. The SMILES string of the molecule is CCOc1ccc(C(=O)COC(=O)c2ccccc2O)cc1. The van der Waals surface area contributed by atoms with Crippen molar-refractivity contribution in [1.29, 1.82) is 0 Å². The van der Waals surface area contributed by atoms with E-state index in [4.69, 9.17) is 9.47 Å². The van der Waals surface area contributed by atoms with Crippen LogP contribution in [0.5, 0.6) is 11.5 Å². The second kappa shape index (κ2) is 7.26. The molecule has 0 bridgehead atoms. The Morgan fingerprint density at radius 1 is 1.05 bits per heavy atom. The molecule has 114 valence electrons. The zero-order valence-corrected chi connectivity index (χ0v) is 12.1. The first-order valence-electron chi connectivity index (χ1n) is 6.83. The molecule has 0 aromatic heterocycles. The number of benzene rings is 2. The maximum absolute atomic E-state index is 12.0. The smallest absolute Gasteiger partial charge is 0.342 e. The first-order chi connectivity index (χ1) is 10.6. The Bertz CT molecular complexity index is 661. The molecule has 0 atom stereocenters. The zero-order valence-electron chi connectivity index (χ0n) is 12.1. The van der Waals surface area contributed by atoms with E-state index in [-0.39, 0.29) is 23.7 Å². The van der Waals surface area contributed by atoms with Crippen molar-refractivity contribution >= 4 is 11.8 Å². The average molecular weight is 300 g/mol. The summed E-state index contributed by atoms with van der Waals surface area (Å²) in [6, 6.07) is 12.6. The molecule has 2 rings (SSSR count). The second-order valence-corrected chi connectivity index (χ2v) is 4.47. The Balaban J connectivity index is 1.95. The minimum absolute atomic E-state index is 0.0296. The van der Waals surface area contributed by atoms with Crippen molar-refractivity contribution < 1.29 is 24.2 Å². The monoisotopic (exact) mass is 300 g/mol. The molecule has 0 aliphatic heterocycles. The molecule has 0 saturated heterocycles. The van der Waals surface area contributed by atoms with Crippen LogP contribution in [0.2, 0.25) is 0 Å². The molecule has 0 fully saturated rings. The standard InChI is InChI=1S/C17H16O5/c1-2-21-13-9-7-12(8-10-13)16(19)11-22-17(20)14-5-3-4-6-15(14)18/h3-10,18H,2,11H2,1H3. The lowest BCUT2D eigenvalue weighted by Gasteiger charge is -2.07. The van der Waals surface area contributed by atoms with Crippen LogP contribution in [0.15, 0.2) is 48.5 Å². The lowest BCUT2D eigenvalue weighted by atomic mass is 10.1. The van der Waals surface area contributed by atoms with E-state index in [1.165, 1.54) is 12.1 Å². The van der Waals surface area contributed by atoms with Crippen LogP contribution in [-0.2, 0) is 4.74 Å². The van der Waals surface area contributed by atoms with Gasteiger partial charge in [0.25, 0.3) is 0 Å². The molecule has 0 spiro atoms. The van der Waals surface area contributed by atoms with E-state index in [9.17, 15) is 14.7 Å². The van der Waals surface area contributed by atoms with E-state index in [0.717, 1.165) is 0 Å². The number of phenols is 1. The number of carbonyl (C=O) groups is 2. The fourth-order valence-electron chi connectivity index (χ4n) is 1.84. The molecular formula is C17H16O5. The fraction of sp³-hybridized carbons (Fsp3) is 0.176. The van der Waals surface area contributed by atoms with E-state index < -0.39 is 5.97 Å². The van der Waals surface area contributed by atoms with Gasteiger partial charge >= 0.3 is 5.97 Å². The van der Waals surface area contributed by atoms with Gasteiger partial charge in [-0.25, -0.2) is 4.79 Å². The van der Waals surface area contributed by atoms with Crippen LogP contribution in [0, 0.1) is 0 Å². The molecule has 2 aromatic rings. The van der Waals surface area contributed by atoms with Gasteiger partial charge in [-0.05, 0) is 43.3 Å². The fourth-order valence-corrected chi connectivity index (χ4v) is 1.84. The van der Waals surface area contributed by atoms with Crippen molar-refractivity contribution in [3.05, 3.63) is 59.7 Å². The number of aromatic hydroxyl groups is 1. The van der Waals surface area contributed by atoms with Crippen LogP contribution >= 0.6 is 0 Å². The first kappa shape index (κ1) is 15.6. The molecule has 0 amide bonds. The number of hydrogen-bond acceptors (Lipinski definition) is 5. The highest BCUT2D eigenvalue weighted by atomic mass is 16.5. The van der Waals surface area contributed by atoms with Crippen LogP contribution in [0.3, 0.4) is 0 Å². The molecule has 0 aliphatic rings. The van der Waals surface area contributed by atoms with E-state index in [0.29, 0.717) is 17.9 Å². The van der Waals surface area contributed by atoms with E-state index >= 15 is 0 Å². The van der Waals surface area contributed by atoms with Crippen LogP contribution in [0.4, 0.5) is 0 Å². The zero-order chi connectivity index (χ0) is 15.9. The number of para-hydroxylation sites is 1. The number of phenolic OH excluding ortho intramolecular Hbond substituents is 1. The number of Topliss-reactive ketones (excluding diaryl/α,β-unsaturated/α-hetero) is 1. The molecule has 0 saturated carbocycles. The minimum atomic E-state index is -0.739. The van der Waals surface area contributed by atoms with Crippen molar-refractivity contribution in [3.63, 3.8) is 0 Å². The van der Waals surface area contributed by atoms with Crippen molar-refractivity contribution in [1.82, 2.24) is 0 Å². The second-order valence-electron chi connectivity index (χ2n) is 4.47. The number of rotatable bonds is 6. The lowest BCUT2D eigenvalue weighted by molar-refractivity contribution is 0.0472. The third-order valence-corrected chi connectivity index (χ3v) is 2.95. The number of ketones is 1. The molecule has 5 nitrogen and oxygen atoms in total. The van der Waals surface area contributed by atoms with Gasteiger partial charge in [0.2, 0.25) is 0 Å². The van der Waals surface area contributed by atoms with Crippen molar-refractivity contribution in [2.75, 3.05) is 13.2 Å². The predicted molar refractivity (Wildman–Crippen MR) is 80.3 cm³/mol. The molecule has 0 radical (unpaired) electrons.